The Balaban J connectivity index is 3.44. The summed E-state index contributed by atoms with van der Waals surface area (Å²) in [6.07, 6.45) is 0. The number of hydrogen-bond acceptors (Lipinski definition) is 6. The van der Waals surface area contributed by atoms with E-state index in [4.69, 9.17) is 5.73 Å². The summed E-state index contributed by atoms with van der Waals surface area (Å²) >= 11 is 0. The van der Waals surface area contributed by atoms with E-state index in [-0.39, 0.29) is 22.8 Å². The van der Waals surface area contributed by atoms with Crippen molar-refractivity contribution in [3.05, 3.63) is 27.8 Å². The molecule has 0 atom stereocenters. The zero-order valence-corrected chi connectivity index (χ0v) is 9.22. The fraction of sp³-hybridized carbons (Fsp3) is 0.200. The minimum atomic E-state index is -0.766. The normalized spacial score (nSPS) is 9.76. The molecule has 0 spiro atoms. The molecule has 0 saturated carbocycles. The smallest absolute Gasteiger partial charge is 0.334 e. The summed E-state index contributed by atoms with van der Waals surface area (Å²) in [6, 6.07) is 2.30. The molecular formula is C10H10N2O5. The number of esters is 1. The van der Waals surface area contributed by atoms with Gasteiger partial charge in [0.2, 0.25) is 5.75 Å². The molecule has 1 aromatic rings. The topological polar surface area (TPSA) is 113 Å². The minimum absolute atomic E-state index is 0.143. The van der Waals surface area contributed by atoms with Crippen LogP contribution in [0.15, 0.2) is 12.1 Å². The molecule has 2 N–H and O–H groups in total. The van der Waals surface area contributed by atoms with Crippen LogP contribution in [0.25, 0.3) is 0 Å². The summed E-state index contributed by atoms with van der Waals surface area (Å²) in [5, 5.41) is 10.8. The number of nitrogens with zero attached hydrogens (tertiary/aromatic N) is 1. The van der Waals surface area contributed by atoms with Crippen LogP contribution in [-0.4, -0.2) is 16.7 Å². The van der Waals surface area contributed by atoms with Gasteiger partial charge in [0.25, 0.3) is 0 Å². The standard InChI is InChI=1S/C10H10N2O5/c1-5(13)7-3-8(11)10(12(15)16)9(4-7)17-6(2)14/h3-4H,11H2,1-2H3. The van der Waals surface area contributed by atoms with E-state index in [1.807, 2.05) is 0 Å². The molecule has 0 unspecified atom stereocenters. The van der Waals surface area contributed by atoms with Crippen LogP contribution in [0, 0.1) is 10.1 Å². The number of nitro groups is 1. The number of nitro benzene ring substituents is 1. The molecule has 1 aromatic carbocycles. The summed E-state index contributed by atoms with van der Waals surface area (Å²) in [5.74, 6) is -1.39. The van der Waals surface area contributed by atoms with Gasteiger partial charge in [-0.05, 0) is 19.1 Å². The second-order valence-electron chi connectivity index (χ2n) is 3.32. The Hall–Kier alpha value is -2.44. The molecule has 17 heavy (non-hydrogen) atoms. The minimum Gasteiger partial charge on any atom is -0.419 e. The van der Waals surface area contributed by atoms with Gasteiger partial charge in [0.1, 0.15) is 5.69 Å². The highest BCUT2D eigenvalue weighted by Gasteiger charge is 2.23. The van der Waals surface area contributed by atoms with Crippen LogP contribution in [-0.2, 0) is 4.79 Å². The number of anilines is 1. The highest BCUT2D eigenvalue weighted by atomic mass is 16.6. The van der Waals surface area contributed by atoms with E-state index in [1.54, 1.807) is 0 Å². The lowest BCUT2D eigenvalue weighted by atomic mass is 10.1. The molecule has 1 rings (SSSR count). The molecule has 0 aliphatic carbocycles. The Labute approximate surface area is 96.3 Å². The number of nitrogen functional groups attached to an aromatic ring is 1. The summed E-state index contributed by atoms with van der Waals surface area (Å²) in [5.41, 5.74) is 4.85. The van der Waals surface area contributed by atoms with Crippen molar-refractivity contribution in [2.45, 2.75) is 13.8 Å². The summed E-state index contributed by atoms with van der Waals surface area (Å²) in [6.45, 7) is 2.37. The highest BCUT2D eigenvalue weighted by molar-refractivity contribution is 5.97. The van der Waals surface area contributed by atoms with Gasteiger partial charge in [-0.15, -0.1) is 0 Å². The van der Waals surface area contributed by atoms with Crippen molar-refractivity contribution in [1.29, 1.82) is 0 Å². The number of benzene rings is 1. The second kappa shape index (κ2) is 4.60. The van der Waals surface area contributed by atoms with Gasteiger partial charge in [-0.25, -0.2) is 0 Å². The summed E-state index contributed by atoms with van der Waals surface area (Å²) < 4.78 is 4.67. The number of ether oxygens (including phenoxy) is 1. The largest absolute Gasteiger partial charge is 0.419 e. The van der Waals surface area contributed by atoms with E-state index in [0.717, 1.165) is 13.0 Å². The van der Waals surface area contributed by atoms with Crippen LogP contribution >= 0.6 is 0 Å². The highest BCUT2D eigenvalue weighted by Crippen LogP contribution is 2.34. The van der Waals surface area contributed by atoms with Crippen molar-refractivity contribution < 1.29 is 19.2 Å². The van der Waals surface area contributed by atoms with E-state index in [2.05, 4.69) is 4.74 Å². The van der Waals surface area contributed by atoms with Crippen LogP contribution < -0.4 is 10.5 Å². The summed E-state index contributed by atoms with van der Waals surface area (Å²) in [4.78, 5) is 31.9. The van der Waals surface area contributed by atoms with Gasteiger partial charge < -0.3 is 10.5 Å². The molecule has 0 fully saturated rings. The first-order chi connectivity index (χ1) is 7.82. The number of hydrogen-bond donors (Lipinski definition) is 1. The Morgan fingerprint density at radius 1 is 1.35 bits per heavy atom. The molecule has 0 heterocycles. The first-order valence-electron chi connectivity index (χ1n) is 4.60. The Bertz CT molecular complexity index is 510. The number of carbonyl (C=O) groups is 2. The Kier molecular flexibility index (Phi) is 3.42. The Morgan fingerprint density at radius 2 is 1.94 bits per heavy atom. The van der Waals surface area contributed by atoms with Crippen molar-refractivity contribution in [2.75, 3.05) is 5.73 Å². The quantitative estimate of drug-likeness (QED) is 0.212. The molecule has 7 nitrogen and oxygen atoms in total. The van der Waals surface area contributed by atoms with Crippen LogP contribution in [0.5, 0.6) is 5.75 Å². The van der Waals surface area contributed by atoms with Crippen LogP contribution in [0.3, 0.4) is 0 Å². The van der Waals surface area contributed by atoms with Crippen molar-refractivity contribution in [3.8, 4) is 5.75 Å². The third kappa shape index (κ3) is 2.77. The van der Waals surface area contributed by atoms with E-state index in [0.29, 0.717) is 0 Å². The molecule has 0 aromatic heterocycles. The van der Waals surface area contributed by atoms with Gasteiger partial charge in [0, 0.05) is 12.5 Å². The van der Waals surface area contributed by atoms with Crippen molar-refractivity contribution in [3.63, 3.8) is 0 Å². The molecule has 0 aliphatic rings. The second-order valence-corrected chi connectivity index (χ2v) is 3.32. The summed E-state index contributed by atoms with van der Waals surface area (Å²) in [7, 11) is 0. The average Bonchev–Trinajstić information content (AvgIpc) is 2.14. The van der Waals surface area contributed by atoms with Crippen molar-refractivity contribution in [1.82, 2.24) is 0 Å². The van der Waals surface area contributed by atoms with Crippen molar-refractivity contribution in [2.24, 2.45) is 0 Å². The third-order valence-electron chi connectivity index (χ3n) is 1.95. The van der Waals surface area contributed by atoms with Crippen LogP contribution in [0.2, 0.25) is 0 Å². The number of carbonyl (C=O) groups excluding carboxylic acids is 2. The lowest BCUT2D eigenvalue weighted by molar-refractivity contribution is -0.384. The van der Waals surface area contributed by atoms with Gasteiger partial charge in [0.05, 0.1) is 4.92 Å². The first-order valence-corrected chi connectivity index (χ1v) is 4.60. The maximum Gasteiger partial charge on any atom is 0.334 e. The van der Waals surface area contributed by atoms with E-state index >= 15 is 0 Å². The Morgan fingerprint density at radius 3 is 2.35 bits per heavy atom. The molecule has 0 saturated heterocycles. The fourth-order valence-electron chi connectivity index (χ4n) is 1.26. The van der Waals surface area contributed by atoms with Gasteiger partial charge in [-0.1, -0.05) is 0 Å². The first kappa shape index (κ1) is 12.6. The van der Waals surface area contributed by atoms with E-state index < -0.39 is 16.6 Å². The number of ketones is 1. The van der Waals surface area contributed by atoms with E-state index in [1.165, 1.54) is 13.0 Å². The van der Waals surface area contributed by atoms with Gasteiger partial charge in [0.15, 0.2) is 5.78 Å². The maximum atomic E-state index is 11.2. The third-order valence-corrected chi connectivity index (χ3v) is 1.95. The lowest BCUT2D eigenvalue weighted by Gasteiger charge is -2.06. The number of rotatable bonds is 3. The maximum absolute atomic E-state index is 11.2. The molecule has 90 valence electrons. The zero-order chi connectivity index (χ0) is 13.2. The number of nitrogens with two attached hydrogens (primary N) is 1. The van der Waals surface area contributed by atoms with Gasteiger partial charge in [-0.3, -0.25) is 19.7 Å². The molecule has 0 bridgehead atoms. The van der Waals surface area contributed by atoms with Gasteiger partial charge in [-0.2, -0.15) is 0 Å². The molecular weight excluding hydrogens is 228 g/mol. The molecule has 0 amide bonds. The van der Waals surface area contributed by atoms with Crippen LogP contribution in [0.4, 0.5) is 11.4 Å². The van der Waals surface area contributed by atoms with E-state index in [9.17, 15) is 19.7 Å². The lowest BCUT2D eigenvalue weighted by Crippen LogP contribution is -2.07. The van der Waals surface area contributed by atoms with Gasteiger partial charge >= 0.3 is 11.7 Å². The molecule has 7 heteroatoms. The van der Waals surface area contributed by atoms with Crippen molar-refractivity contribution >= 4 is 23.1 Å². The average molecular weight is 238 g/mol. The monoisotopic (exact) mass is 238 g/mol. The molecule has 0 aliphatic heterocycles. The molecule has 0 radical (unpaired) electrons. The SMILES string of the molecule is CC(=O)Oc1cc(C(C)=O)cc(N)c1[N+](=O)[O-]. The van der Waals surface area contributed by atoms with Crippen LogP contribution in [0.1, 0.15) is 24.2 Å². The zero-order valence-electron chi connectivity index (χ0n) is 9.22. The predicted molar refractivity (Wildman–Crippen MR) is 58.8 cm³/mol. The fourth-order valence-corrected chi connectivity index (χ4v) is 1.26. The predicted octanol–water partition coefficient (Wildman–Crippen LogP) is 1.30. The number of Topliss-reactive ketones (excluding diaryl/α,β-unsaturated/α-hetero) is 1.